The minimum Gasteiger partial charge on any atom is -0.383 e. The van der Waals surface area contributed by atoms with Gasteiger partial charge in [-0.05, 0) is 56.7 Å². The molecule has 0 heterocycles. The van der Waals surface area contributed by atoms with Gasteiger partial charge in [-0.25, -0.2) is 0 Å². The molecular formula is C9H11BrINOS. The first kappa shape index (κ1) is 12.4. The molecule has 1 atom stereocenters. The Morgan fingerprint density at radius 2 is 2.29 bits per heavy atom. The van der Waals surface area contributed by atoms with Crippen LogP contribution in [0.15, 0.2) is 22.7 Å². The fraction of sp³-hybridized carbons (Fsp3) is 0.333. The number of hydrogen-bond donors (Lipinski definition) is 1. The van der Waals surface area contributed by atoms with E-state index in [0.717, 1.165) is 16.7 Å². The van der Waals surface area contributed by atoms with Gasteiger partial charge in [0.2, 0.25) is 0 Å². The van der Waals surface area contributed by atoms with Crippen LogP contribution in [0.3, 0.4) is 0 Å². The lowest BCUT2D eigenvalue weighted by Crippen LogP contribution is -2.10. The maximum absolute atomic E-state index is 10.8. The van der Waals surface area contributed by atoms with Gasteiger partial charge in [0, 0.05) is 43.1 Å². The van der Waals surface area contributed by atoms with Crippen LogP contribution in [0.4, 0.5) is 5.69 Å². The highest BCUT2D eigenvalue weighted by molar-refractivity contribution is 14.1. The van der Waals surface area contributed by atoms with Gasteiger partial charge in [-0.3, -0.25) is 4.21 Å². The Morgan fingerprint density at radius 3 is 2.93 bits per heavy atom. The van der Waals surface area contributed by atoms with Crippen LogP contribution < -0.4 is 5.32 Å². The maximum atomic E-state index is 10.8. The molecule has 1 rings (SSSR count). The third-order valence-electron chi connectivity index (χ3n) is 1.63. The summed E-state index contributed by atoms with van der Waals surface area (Å²) in [6.07, 6.45) is 1.71. The molecule has 1 unspecified atom stereocenters. The van der Waals surface area contributed by atoms with E-state index in [2.05, 4.69) is 49.9 Å². The topological polar surface area (TPSA) is 29.1 Å². The van der Waals surface area contributed by atoms with Gasteiger partial charge in [0.15, 0.2) is 0 Å². The predicted molar refractivity (Wildman–Crippen MR) is 74.3 cm³/mol. The quantitative estimate of drug-likeness (QED) is 0.805. The van der Waals surface area contributed by atoms with E-state index in [1.54, 1.807) is 6.26 Å². The van der Waals surface area contributed by atoms with Gasteiger partial charge in [-0.15, -0.1) is 0 Å². The number of halogens is 2. The smallest absolute Gasteiger partial charge is 0.0495 e. The summed E-state index contributed by atoms with van der Waals surface area (Å²) in [6.45, 7) is 0.738. The average molecular weight is 388 g/mol. The number of nitrogens with one attached hydrogen (secondary N) is 1. The van der Waals surface area contributed by atoms with E-state index in [1.807, 2.05) is 12.1 Å². The fourth-order valence-corrected chi connectivity index (χ4v) is 2.23. The standard InChI is InChI=1S/C9H11BrINOS/c1-14(13)5-4-12-9-6-7(11)2-3-8(9)10/h2-3,6,12H,4-5H2,1H3. The van der Waals surface area contributed by atoms with Crippen LogP contribution in [0, 0.1) is 3.57 Å². The van der Waals surface area contributed by atoms with Gasteiger partial charge in [0.05, 0.1) is 0 Å². The minimum atomic E-state index is -0.731. The molecule has 0 amide bonds. The largest absolute Gasteiger partial charge is 0.383 e. The Bertz CT molecular complexity index is 346. The van der Waals surface area contributed by atoms with Crippen molar-refractivity contribution in [3.63, 3.8) is 0 Å². The lowest BCUT2D eigenvalue weighted by molar-refractivity contribution is 0.687. The molecule has 0 aliphatic rings. The van der Waals surface area contributed by atoms with Gasteiger partial charge in [-0.1, -0.05) is 0 Å². The van der Waals surface area contributed by atoms with Crippen LogP contribution in [0.5, 0.6) is 0 Å². The average Bonchev–Trinajstić information content (AvgIpc) is 2.10. The zero-order valence-corrected chi connectivity index (χ0v) is 12.3. The highest BCUT2D eigenvalue weighted by atomic mass is 127. The van der Waals surface area contributed by atoms with Gasteiger partial charge >= 0.3 is 0 Å². The van der Waals surface area contributed by atoms with Crippen molar-refractivity contribution >= 4 is 55.0 Å². The summed E-state index contributed by atoms with van der Waals surface area (Å²) >= 11 is 5.72. The van der Waals surface area contributed by atoms with E-state index in [0.29, 0.717) is 5.75 Å². The Morgan fingerprint density at radius 1 is 1.57 bits per heavy atom. The van der Waals surface area contributed by atoms with Crippen molar-refractivity contribution in [2.75, 3.05) is 23.9 Å². The van der Waals surface area contributed by atoms with Crippen molar-refractivity contribution in [3.05, 3.63) is 26.2 Å². The Balaban J connectivity index is 2.57. The van der Waals surface area contributed by atoms with Crippen LogP contribution in [-0.4, -0.2) is 22.8 Å². The molecule has 1 N–H and O–H groups in total. The molecule has 1 aromatic carbocycles. The summed E-state index contributed by atoms with van der Waals surface area (Å²) in [7, 11) is -0.731. The second-order valence-electron chi connectivity index (χ2n) is 2.83. The van der Waals surface area contributed by atoms with E-state index in [9.17, 15) is 4.21 Å². The normalized spacial score (nSPS) is 12.5. The molecule has 14 heavy (non-hydrogen) atoms. The van der Waals surface area contributed by atoms with Crippen LogP contribution >= 0.6 is 38.5 Å². The molecule has 0 aliphatic heterocycles. The first-order valence-corrected chi connectivity index (χ1v) is 7.68. The molecule has 0 saturated carbocycles. The number of anilines is 1. The summed E-state index contributed by atoms with van der Waals surface area (Å²) in [6, 6.07) is 6.10. The monoisotopic (exact) mass is 387 g/mol. The molecule has 1 aromatic rings. The summed E-state index contributed by atoms with van der Waals surface area (Å²) in [5.74, 6) is 0.678. The van der Waals surface area contributed by atoms with Crippen LogP contribution in [0.2, 0.25) is 0 Å². The number of hydrogen-bond acceptors (Lipinski definition) is 2. The van der Waals surface area contributed by atoms with Crippen molar-refractivity contribution in [2.45, 2.75) is 0 Å². The Labute approximate surface area is 109 Å². The SMILES string of the molecule is CS(=O)CCNc1cc(I)ccc1Br. The third kappa shape index (κ3) is 4.27. The molecule has 0 aliphatic carbocycles. The first-order chi connectivity index (χ1) is 6.59. The van der Waals surface area contributed by atoms with Gasteiger partial charge in [0.1, 0.15) is 0 Å². The summed E-state index contributed by atoms with van der Waals surface area (Å²) in [5.41, 5.74) is 1.06. The molecule has 0 radical (unpaired) electrons. The van der Waals surface area contributed by atoms with Crippen molar-refractivity contribution in [2.24, 2.45) is 0 Å². The second-order valence-corrected chi connectivity index (χ2v) is 6.48. The lowest BCUT2D eigenvalue weighted by Gasteiger charge is -2.07. The highest BCUT2D eigenvalue weighted by Gasteiger charge is 1.99. The van der Waals surface area contributed by atoms with Crippen molar-refractivity contribution < 1.29 is 4.21 Å². The highest BCUT2D eigenvalue weighted by Crippen LogP contribution is 2.23. The van der Waals surface area contributed by atoms with Crippen molar-refractivity contribution in [3.8, 4) is 0 Å². The van der Waals surface area contributed by atoms with E-state index >= 15 is 0 Å². The predicted octanol–water partition coefficient (Wildman–Crippen LogP) is 2.84. The van der Waals surface area contributed by atoms with Gasteiger partial charge < -0.3 is 5.32 Å². The molecule has 0 bridgehead atoms. The molecule has 5 heteroatoms. The molecule has 0 saturated heterocycles. The summed E-state index contributed by atoms with van der Waals surface area (Å²) < 4.78 is 13.1. The zero-order chi connectivity index (χ0) is 10.6. The lowest BCUT2D eigenvalue weighted by atomic mass is 10.3. The van der Waals surface area contributed by atoms with Crippen molar-refractivity contribution in [1.29, 1.82) is 0 Å². The molecular weight excluding hydrogens is 377 g/mol. The fourth-order valence-electron chi connectivity index (χ4n) is 0.962. The third-order valence-corrected chi connectivity index (χ3v) is 3.77. The van der Waals surface area contributed by atoms with Crippen LogP contribution in [0.25, 0.3) is 0 Å². The van der Waals surface area contributed by atoms with Crippen LogP contribution in [0.1, 0.15) is 0 Å². The van der Waals surface area contributed by atoms with E-state index < -0.39 is 10.8 Å². The van der Waals surface area contributed by atoms with Gasteiger partial charge in [0.25, 0.3) is 0 Å². The number of benzene rings is 1. The van der Waals surface area contributed by atoms with E-state index in [4.69, 9.17) is 0 Å². The number of rotatable bonds is 4. The molecule has 0 fully saturated rings. The van der Waals surface area contributed by atoms with E-state index in [1.165, 1.54) is 3.57 Å². The van der Waals surface area contributed by atoms with Crippen molar-refractivity contribution in [1.82, 2.24) is 0 Å². The summed E-state index contributed by atoms with van der Waals surface area (Å²) in [5, 5.41) is 3.24. The Hall–Kier alpha value is 0.380. The van der Waals surface area contributed by atoms with E-state index in [-0.39, 0.29) is 0 Å². The minimum absolute atomic E-state index is 0.678. The maximum Gasteiger partial charge on any atom is 0.0495 e. The molecule has 0 aromatic heterocycles. The van der Waals surface area contributed by atoms with Gasteiger partial charge in [-0.2, -0.15) is 0 Å². The second kappa shape index (κ2) is 6.07. The van der Waals surface area contributed by atoms with Crippen LogP contribution in [-0.2, 0) is 10.8 Å². The summed E-state index contributed by atoms with van der Waals surface area (Å²) in [4.78, 5) is 0. The zero-order valence-electron chi connectivity index (χ0n) is 7.72. The molecule has 0 spiro atoms. The Kier molecular flexibility index (Phi) is 5.40. The first-order valence-electron chi connectivity index (χ1n) is 4.08. The molecule has 2 nitrogen and oxygen atoms in total. The molecule has 78 valence electrons.